The Balaban J connectivity index is 1.51. The number of aromatic nitrogens is 2. The van der Waals surface area contributed by atoms with Crippen molar-refractivity contribution in [2.75, 3.05) is 18.4 Å². The quantitative estimate of drug-likeness (QED) is 0.812. The predicted octanol–water partition coefficient (Wildman–Crippen LogP) is 3.25. The van der Waals surface area contributed by atoms with E-state index in [0.717, 1.165) is 41.9 Å². The number of benzene rings is 1. The molecule has 1 fully saturated rings. The molecule has 23 heavy (non-hydrogen) atoms. The lowest BCUT2D eigenvalue weighted by molar-refractivity contribution is -0.129. The Hall–Kier alpha value is -1.60. The van der Waals surface area contributed by atoms with Crippen LogP contribution in [0.15, 0.2) is 34.7 Å². The van der Waals surface area contributed by atoms with Gasteiger partial charge < -0.3 is 10.2 Å². The van der Waals surface area contributed by atoms with Gasteiger partial charge in [0.1, 0.15) is 0 Å². The molecule has 1 atom stereocenters. The summed E-state index contributed by atoms with van der Waals surface area (Å²) in [5.41, 5.74) is 1.20. The van der Waals surface area contributed by atoms with Gasteiger partial charge >= 0.3 is 0 Å². The lowest BCUT2D eigenvalue weighted by Crippen LogP contribution is -2.33. The Morgan fingerprint density at radius 3 is 2.78 bits per heavy atom. The summed E-state index contributed by atoms with van der Waals surface area (Å²) in [6, 6.07) is 10.2. The average molecular weight is 348 g/mol. The van der Waals surface area contributed by atoms with Gasteiger partial charge in [-0.05, 0) is 25.3 Å². The first-order valence-electron chi connectivity index (χ1n) is 7.79. The van der Waals surface area contributed by atoms with Crippen LogP contribution in [0.25, 0.3) is 0 Å². The molecule has 1 amide bonds. The summed E-state index contributed by atoms with van der Waals surface area (Å²) >= 11 is 2.99. The van der Waals surface area contributed by atoms with Crippen molar-refractivity contribution in [1.82, 2.24) is 15.1 Å². The summed E-state index contributed by atoms with van der Waals surface area (Å²) in [6.07, 6.45) is 2.24. The van der Waals surface area contributed by atoms with E-state index in [1.165, 1.54) is 28.7 Å². The minimum Gasteiger partial charge on any atom is -0.356 e. The van der Waals surface area contributed by atoms with Crippen LogP contribution in [0.1, 0.15) is 25.3 Å². The standard InChI is InChI=1S/C16H20N4OS2/c1-12(14(21)20-9-5-6-10-20)22-16-19-18-15(23-16)17-11-13-7-3-2-4-8-13/h2-4,7-8,12H,5-6,9-11H2,1H3,(H,17,18)/t12-/m0/s1. The lowest BCUT2D eigenvalue weighted by atomic mass is 10.2. The number of nitrogens with one attached hydrogen (secondary N) is 1. The average Bonchev–Trinajstić information content (AvgIpc) is 3.25. The van der Waals surface area contributed by atoms with Crippen molar-refractivity contribution in [2.24, 2.45) is 0 Å². The molecule has 7 heteroatoms. The predicted molar refractivity (Wildman–Crippen MR) is 94.8 cm³/mol. The second kappa shape index (κ2) is 7.79. The molecular formula is C16H20N4OS2. The van der Waals surface area contributed by atoms with Crippen molar-refractivity contribution >= 4 is 34.1 Å². The zero-order valence-electron chi connectivity index (χ0n) is 13.1. The largest absolute Gasteiger partial charge is 0.356 e. The molecule has 0 bridgehead atoms. The normalized spacial score (nSPS) is 15.6. The molecule has 0 spiro atoms. The van der Waals surface area contributed by atoms with Gasteiger partial charge in [0.15, 0.2) is 4.34 Å². The van der Waals surface area contributed by atoms with Gasteiger partial charge in [-0.2, -0.15) is 0 Å². The van der Waals surface area contributed by atoms with Crippen molar-refractivity contribution in [3.05, 3.63) is 35.9 Å². The van der Waals surface area contributed by atoms with Gasteiger partial charge in [-0.1, -0.05) is 53.4 Å². The van der Waals surface area contributed by atoms with Crippen LogP contribution in [-0.2, 0) is 11.3 Å². The molecule has 1 N–H and O–H groups in total. The SMILES string of the molecule is C[C@H](Sc1nnc(NCc2ccccc2)s1)C(=O)N1CCCC1. The van der Waals surface area contributed by atoms with Gasteiger partial charge in [0, 0.05) is 19.6 Å². The van der Waals surface area contributed by atoms with Crippen molar-refractivity contribution in [3.8, 4) is 0 Å². The molecule has 0 radical (unpaired) electrons. The molecule has 1 aliphatic rings. The molecule has 0 unspecified atom stereocenters. The zero-order valence-corrected chi connectivity index (χ0v) is 14.7. The number of rotatable bonds is 6. The van der Waals surface area contributed by atoms with Gasteiger partial charge in [0.2, 0.25) is 11.0 Å². The van der Waals surface area contributed by atoms with Crippen molar-refractivity contribution in [2.45, 2.75) is 35.9 Å². The number of anilines is 1. The number of nitrogens with zero attached hydrogens (tertiary/aromatic N) is 3. The van der Waals surface area contributed by atoms with Crippen LogP contribution >= 0.6 is 23.1 Å². The van der Waals surface area contributed by atoms with E-state index in [4.69, 9.17) is 0 Å². The van der Waals surface area contributed by atoms with E-state index in [0.29, 0.717) is 0 Å². The smallest absolute Gasteiger partial charge is 0.235 e. The maximum Gasteiger partial charge on any atom is 0.235 e. The summed E-state index contributed by atoms with van der Waals surface area (Å²) in [5, 5.41) is 12.3. The van der Waals surface area contributed by atoms with E-state index in [9.17, 15) is 4.79 Å². The Morgan fingerprint density at radius 2 is 2.04 bits per heavy atom. The van der Waals surface area contributed by atoms with E-state index in [-0.39, 0.29) is 11.2 Å². The highest BCUT2D eigenvalue weighted by atomic mass is 32.2. The molecule has 1 aromatic heterocycles. The molecule has 2 heterocycles. The van der Waals surface area contributed by atoms with Crippen LogP contribution in [0.2, 0.25) is 0 Å². The monoisotopic (exact) mass is 348 g/mol. The van der Waals surface area contributed by atoms with E-state index in [1.807, 2.05) is 30.0 Å². The Bertz CT molecular complexity index is 641. The maximum atomic E-state index is 12.3. The van der Waals surface area contributed by atoms with Crippen LogP contribution in [0.3, 0.4) is 0 Å². The first kappa shape index (κ1) is 16.3. The van der Waals surface area contributed by atoms with Crippen LogP contribution in [0.4, 0.5) is 5.13 Å². The Morgan fingerprint density at radius 1 is 1.30 bits per heavy atom. The molecule has 1 saturated heterocycles. The fourth-order valence-electron chi connectivity index (χ4n) is 2.50. The molecule has 3 rings (SSSR count). The minimum atomic E-state index is -0.108. The highest BCUT2D eigenvalue weighted by molar-refractivity contribution is 8.02. The third-order valence-electron chi connectivity index (χ3n) is 3.74. The number of hydrogen-bond acceptors (Lipinski definition) is 6. The Labute approximate surface area is 144 Å². The van der Waals surface area contributed by atoms with Crippen LogP contribution in [-0.4, -0.2) is 39.3 Å². The van der Waals surface area contributed by atoms with Crippen LogP contribution in [0, 0.1) is 0 Å². The summed E-state index contributed by atoms with van der Waals surface area (Å²) in [6.45, 7) is 4.46. The van der Waals surface area contributed by atoms with Gasteiger partial charge in [-0.15, -0.1) is 10.2 Å². The third kappa shape index (κ3) is 4.45. The number of likely N-dealkylation sites (tertiary alicyclic amines) is 1. The van der Waals surface area contributed by atoms with E-state index in [2.05, 4.69) is 27.6 Å². The number of hydrogen-bond donors (Lipinski definition) is 1. The second-order valence-corrected chi connectivity index (χ2v) is 8.07. The summed E-state index contributed by atoms with van der Waals surface area (Å²) in [4.78, 5) is 14.3. The number of carbonyl (C=O) groups excluding carboxylic acids is 1. The molecule has 122 valence electrons. The van der Waals surface area contributed by atoms with E-state index < -0.39 is 0 Å². The lowest BCUT2D eigenvalue weighted by Gasteiger charge is -2.18. The fraction of sp³-hybridized carbons (Fsp3) is 0.438. The van der Waals surface area contributed by atoms with Crippen LogP contribution in [0.5, 0.6) is 0 Å². The number of thioether (sulfide) groups is 1. The molecule has 0 saturated carbocycles. The number of amides is 1. The molecule has 5 nitrogen and oxygen atoms in total. The van der Waals surface area contributed by atoms with Gasteiger partial charge in [-0.25, -0.2) is 0 Å². The van der Waals surface area contributed by atoms with Crippen molar-refractivity contribution < 1.29 is 4.79 Å². The third-order valence-corrected chi connectivity index (χ3v) is 5.79. The summed E-state index contributed by atoms with van der Waals surface area (Å²) in [7, 11) is 0. The highest BCUT2D eigenvalue weighted by Crippen LogP contribution is 2.30. The van der Waals surface area contributed by atoms with Gasteiger partial charge in [0.25, 0.3) is 0 Å². The van der Waals surface area contributed by atoms with E-state index >= 15 is 0 Å². The molecule has 2 aromatic rings. The maximum absolute atomic E-state index is 12.3. The molecule has 1 aromatic carbocycles. The second-order valence-electron chi connectivity index (χ2n) is 5.50. The summed E-state index contributed by atoms with van der Waals surface area (Å²) in [5.74, 6) is 0.210. The number of carbonyl (C=O) groups is 1. The van der Waals surface area contributed by atoms with Gasteiger partial charge in [0.05, 0.1) is 5.25 Å². The minimum absolute atomic E-state index is 0.108. The van der Waals surface area contributed by atoms with Crippen molar-refractivity contribution in [3.63, 3.8) is 0 Å². The van der Waals surface area contributed by atoms with Crippen molar-refractivity contribution in [1.29, 1.82) is 0 Å². The molecule has 1 aliphatic heterocycles. The fourth-order valence-corrected chi connectivity index (χ4v) is 4.47. The first-order chi connectivity index (χ1) is 11.2. The Kier molecular flexibility index (Phi) is 5.51. The first-order valence-corrected chi connectivity index (χ1v) is 9.49. The molecule has 0 aliphatic carbocycles. The van der Waals surface area contributed by atoms with E-state index in [1.54, 1.807) is 0 Å². The topological polar surface area (TPSA) is 58.1 Å². The molecular weight excluding hydrogens is 328 g/mol. The highest BCUT2D eigenvalue weighted by Gasteiger charge is 2.24. The van der Waals surface area contributed by atoms with Crippen LogP contribution < -0.4 is 5.32 Å². The van der Waals surface area contributed by atoms with Gasteiger partial charge in [-0.3, -0.25) is 4.79 Å². The summed E-state index contributed by atoms with van der Waals surface area (Å²) < 4.78 is 0.834. The zero-order chi connectivity index (χ0) is 16.1.